The van der Waals surface area contributed by atoms with Crippen molar-refractivity contribution in [2.24, 2.45) is 0 Å². The first kappa shape index (κ1) is 16.7. The van der Waals surface area contributed by atoms with E-state index in [0.717, 1.165) is 18.9 Å². The van der Waals surface area contributed by atoms with Gasteiger partial charge in [0.1, 0.15) is 11.9 Å². The summed E-state index contributed by atoms with van der Waals surface area (Å²) in [4.78, 5) is 14.3. The maximum Gasteiger partial charge on any atom is 0.244 e. The van der Waals surface area contributed by atoms with E-state index in [-0.39, 0.29) is 16.7 Å². The van der Waals surface area contributed by atoms with Crippen molar-refractivity contribution in [2.45, 2.75) is 30.7 Å². The molecule has 2 aliphatic rings. The molecule has 126 valence electrons. The topological polar surface area (TPSA) is 57.7 Å². The number of aryl methyl sites for hydroxylation is 1. The number of carbonyl (C=O) groups excluding carboxylic acids is 1. The van der Waals surface area contributed by atoms with Gasteiger partial charge in [-0.25, -0.2) is 12.8 Å². The fraction of sp³-hybridized carbons (Fsp3) is 0.533. The van der Waals surface area contributed by atoms with Crippen LogP contribution in [0.1, 0.15) is 18.4 Å². The molecule has 1 amide bonds. The molecule has 0 spiro atoms. The van der Waals surface area contributed by atoms with Gasteiger partial charge in [0.2, 0.25) is 15.9 Å². The maximum atomic E-state index is 13.5. The Bertz CT molecular complexity index is 717. The molecule has 0 aromatic heterocycles. The molecule has 0 bridgehead atoms. The van der Waals surface area contributed by atoms with E-state index in [4.69, 9.17) is 0 Å². The molecule has 2 aliphatic heterocycles. The van der Waals surface area contributed by atoms with Gasteiger partial charge in [-0.05, 0) is 37.5 Å². The lowest BCUT2D eigenvalue weighted by atomic mass is 10.2. The molecule has 1 atom stereocenters. The van der Waals surface area contributed by atoms with Crippen LogP contribution in [0.2, 0.25) is 0 Å². The molecule has 1 aromatic carbocycles. The summed E-state index contributed by atoms with van der Waals surface area (Å²) in [6, 6.07) is 3.03. The van der Waals surface area contributed by atoms with Crippen LogP contribution in [-0.4, -0.2) is 54.3 Å². The Morgan fingerprint density at radius 1 is 1.30 bits per heavy atom. The van der Waals surface area contributed by atoms with E-state index in [1.165, 1.54) is 28.2 Å². The van der Waals surface area contributed by atoms with Crippen LogP contribution < -0.4 is 0 Å². The van der Waals surface area contributed by atoms with Gasteiger partial charge in [0.15, 0.2) is 0 Å². The van der Waals surface area contributed by atoms with Crippen molar-refractivity contribution in [1.29, 1.82) is 0 Å². The van der Waals surface area contributed by atoms with Gasteiger partial charge in [0.05, 0.1) is 10.8 Å². The quantitative estimate of drug-likeness (QED) is 0.827. The molecule has 23 heavy (non-hydrogen) atoms. The highest BCUT2D eigenvalue weighted by atomic mass is 32.2. The molecule has 5 nitrogen and oxygen atoms in total. The van der Waals surface area contributed by atoms with Crippen LogP contribution >= 0.6 is 11.8 Å². The first-order valence-electron chi connectivity index (χ1n) is 7.56. The summed E-state index contributed by atoms with van der Waals surface area (Å²) in [6.07, 6.45) is 1.92. The Labute approximate surface area is 139 Å². The van der Waals surface area contributed by atoms with Crippen molar-refractivity contribution >= 4 is 27.7 Å². The fourth-order valence-electron chi connectivity index (χ4n) is 2.99. The summed E-state index contributed by atoms with van der Waals surface area (Å²) in [5.41, 5.74) is 0.482. The lowest BCUT2D eigenvalue weighted by Crippen LogP contribution is -2.48. The number of benzene rings is 1. The minimum absolute atomic E-state index is 0.0563. The number of hydrogen-bond donors (Lipinski definition) is 0. The van der Waals surface area contributed by atoms with Gasteiger partial charge in [-0.3, -0.25) is 4.79 Å². The zero-order valence-corrected chi connectivity index (χ0v) is 14.5. The fourth-order valence-corrected chi connectivity index (χ4v) is 6.36. The molecular weight excluding hydrogens is 339 g/mol. The Morgan fingerprint density at radius 2 is 2.00 bits per heavy atom. The Kier molecular flexibility index (Phi) is 4.66. The SMILES string of the molecule is Cc1ccc(F)cc1S(=O)(=O)N1CSCC1C(=O)N1CCCC1. The Balaban J connectivity index is 1.92. The molecule has 1 unspecified atom stereocenters. The second kappa shape index (κ2) is 6.41. The molecule has 2 saturated heterocycles. The lowest BCUT2D eigenvalue weighted by Gasteiger charge is -2.27. The molecule has 0 radical (unpaired) electrons. The number of likely N-dealkylation sites (tertiary alicyclic amines) is 1. The van der Waals surface area contributed by atoms with Crippen LogP contribution in [0, 0.1) is 12.7 Å². The van der Waals surface area contributed by atoms with Crippen LogP contribution in [0.15, 0.2) is 23.1 Å². The summed E-state index contributed by atoms with van der Waals surface area (Å²) < 4.78 is 40.5. The minimum atomic E-state index is -3.89. The lowest BCUT2D eigenvalue weighted by molar-refractivity contribution is -0.133. The first-order valence-corrected chi connectivity index (χ1v) is 10.2. The molecule has 2 heterocycles. The van der Waals surface area contributed by atoms with Gasteiger partial charge in [-0.2, -0.15) is 4.31 Å². The number of amides is 1. The standard InChI is InChI=1S/C15H19FN2O3S2/c1-11-4-5-12(16)8-14(11)23(20,21)18-10-22-9-13(18)15(19)17-6-2-3-7-17/h4-5,8,13H,2-3,6-7,9-10H2,1H3. The predicted octanol–water partition coefficient (Wildman–Crippen LogP) is 1.82. The third-order valence-electron chi connectivity index (χ3n) is 4.28. The van der Waals surface area contributed by atoms with Gasteiger partial charge in [0, 0.05) is 18.8 Å². The second-order valence-electron chi connectivity index (χ2n) is 5.85. The average molecular weight is 358 g/mol. The minimum Gasteiger partial charge on any atom is -0.341 e. The van der Waals surface area contributed by atoms with Crippen molar-refractivity contribution in [3.63, 3.8) is 0 Å². The van der Waals surface area contributed by atoms with Gasteiger partial charge in [-0.1, -0.05) is 6.07 Å². The molecule has 3 rings (SSSR count). The molecule has 2 fully saturated rings. The average Bonchev–Trinajstić information content (AvgIpc) is 3.20. The Hall–Kier alpha value is -1.12. The molecule has 0 saturated carbocycles. The summed E-state index contributed by atoms with van der Waals surface area (Å²) in [6.45, 7) is 3.01. The van der Waals surface area contributed by atoms with E-state index in [1.807, 2.05) is 0 Å². The molecule has 1 aromatic rings. The van der Waals surface area contributed by atoms with Crippen molar-refractivity contribution in [3.05, 3.63) is 29.6 Å². The number of rotatable bonds is 3. The summed E-state index contributed by atoms with van der Waals surface area (Å²) in [7, 11) is -3.89. The third-order valence-corrected chi connectivity index (χ3v) is 7.45. The number of sulfonamides is 1. The van der Waals surface area contributed by atoms with E-state index < -0.39 is 21.9 Å². The monoisotopic (exact) mass is 358 g/mol. The second-order valence-corrected chi connectivity index (χ2v) is 8.71. The number of nitrogens with zero attached hydrogens (tertiary/aromatic N) is 2. The van der Waals surface area contributed by atoms with E-state index in [9.17, 15) is 17.6 Å². The van der Waals surface area contributed by atoms with E-state index in [1.54, 1.807) is 11.8 Å². The van der Waals surface area contributed by atoms with Crippen molar-refractivity contribution in [1.82, 2.24) is 9.21 Å². The van der Waals surface area contributed by atoms with Gasteiger partial charge in [-0.15, -0.1) is 11.8 Å². The maximum absolute atomic E-state index is 13.5. The van der Waals surface area contributed by atoms with Gasteiger partial charge in [0.25, 0.3) is 0 Å². The van der Waals surface area contributed by atoms with Crippen LogP contribution in [0.4, 0.5) is 4.39 Å². The zero-order chi connectivity index (χ0) is 16.6. The molecule has 0 aliphatic carbocycles. The largest absolute Gasteiger partial charge is 0.341 e. The van der Waals surface area contributed by atoms with E-state index in [0.29, 0.717) is 24.4 Å². The summed E-state index contributed by atoms with van der Waals surface area (Å²) >= 11 is 1.41. The van der Waals surface area contributed by atoms with Crippen LogP contribution in [-0.2, 0) is 14.8 Å². The highest BCUT2D eigenvalue weighted by Crippen LogP contribution is 2.31. The smallest absolute Gasteiger partial charge is 0.244 e. The van der Waals surface area contributed by atoms with E-state index >= 15 is 0 Å². The molecular formula is C15H19FN2O3S2. The van der Waals surface area contributed by atoms with Crippen molar-refractivity contribution in [2.75, 3.05) is 24.7 Å². The van der Waals surface area contributed by atoms with Crippen molar-refractivity contribution < 1.29 is 17.6 Å². The van der Waals surface area contributed by atoms with Crippen molar-refractivity contribution in [3.8, 4) is 0 Å². The van der Waals surface area contributed by atoms with Crippen LogP contribution in [0.3, 0.4) is 0 Å². The predicted molar refractivity (Wildman–Crippen MR) is 87.1 cm³/mol. The number of hydrogen-bond acceptors (Lipinski definition) is 4. The zero-order valence-electron chi connectivity index (χ0n) is 12.9. The summed E-state index contributed by atoms with van der Waals surface area (Å²) in [5.74, 6) is -0.0561. The highest BCUT2D eigenvalue weighted by Gasteiger charge is 2.42. The highest BCUT2D eigenvalue weighted by molar-refractivity contribution is 8.00. The number of carbonyl (C=O) groups is 1. The first-order chi connectivity index (χ1) is 10.9. The normalized spacial score (nSPS) is 22.7. The Morgan fingerprint density at radius 3 is 2.70 bits per heavy atom. The molecule has 0 N–H and O–H groups in total. The van der Waals surface area contributed by atoms with Gasteiger partial charge >= 0.3 is 0 Å². The van der Waals surface area contributed by atoms with E-state index in [2.05, 4.69) is 0 Å². The van der Waals surface area contributed by atoms with Crippen LogP contribution in [0.25, 0.3) is 0 Å². The molecule has 8 heteroatoms. The number of thioether (sulfide) groups is 1. The van der Waals surface area contributed by atoms with Crippen LogP contribution in [0.5, 0.6) is 0 Å². The van der Waals surface area contributed by atoms with Gasteiger partial charge < -0.3 is 4.90 Å². The summed E-state index contributed by atoms with van der Waals surface area (Å²) in [5, 5.41) is 0. The number of halogens is 1. The third kappa shape index (κ3) is 3.12.